The molecule has 0 spiro atoms. The minimum atomic E-state index is -0.132. The zero-order valence-electron chi connectivity index (χ0n) is 12.1. The molecule has 1 aromatic rings. The van der Waals surface area contributed by atoms with E-state index < -0.39 is 0 Å². The predicted molar refractivity (Wildman–Crippen MR) is 78.6 cm³/mol. The smallest absolute Gasteiger partial charge is 0.205 e. The average molecular weight is 269 g/mol. The number of hydrogen-bond acceptors (Lipinski definition) is 3. The quantitative estimate of drug-likeness (QED) is 0.380. The summed E-state index contributed by atoms with van der Waals surface area (Å²) >= 11 is 0. The second-order valence-electron chi connectivity index (χ2n) is 5.07. The van der Waals surface area contributed by atoms with Crippen LogP contribution in [0.1, 0.15) is 38.3 Å². The van der Waals surface area contributed by atoms with Gasteiger partial charge in [-0.25, -0.2) is 4.99 Å². The first-order valence-electron chi connectivity index (χ1n) is 6.47. The lowest BCUT2D eigenvalue weighted by Crippen LogP contribution is -2.47. The van der Waals surface area contributed by atoms with E-state index in [4.69, 9.17) is 10.5 Å². The molecule has 0 fully saturated rings. The fourth-order valence-electron chi connectivity index (χ4n) is 1.43. The summed E-state index contributed by atoms with van der Waals surface area (Å²) in [7, 11) is 0. The molecule has 0 aromatic heterocycles. The molecule has 0 saturated heterocycles. The van der Waals surface area contributed by atoms with Crippen molar-refractivity contribution in [2.24, 2.45) is 4.99 Å². The topological polar surface area (TPSA) is 84.0 Å². The normalized spacial score (nSPS) is 11.3. The van der Waals surface area contributed by atoms with Gasteiger partial charge in [0.05, 0.1) is 18.2 Å². The molecule has 104 valence electrons. The molecule has 1 rings (SSSR count). The molecule has 0 amide bonds. The summed E-state index contributed by atoms with van der Waals surface area (Å²) in [5.41, 5.74) is 1.48. The van der Waals surface area contributed by atoms with Gasteiger partial charge in [0.15, 0.2) is 6.19 Å². The highest BCUT2D eigenvalue weighted by Gasteiger charge is 2.16. The van der Waals surface area contributed by atoms with Crippen LogP contribution in [-0.2, 0) is 6.54 Å². The van der Waals surface area contributed by atoms with Crippen LogP contribution in [-0.4, -0.2) is 11.5 Å². The van der Waals surface area contributed by atoms with Crippen molar-refractivity contribution in [2.45, 2.75) is 39.3 Å². The van der Waals surface area contributed by atoms with Crippen LogP contribution >= 0.6 is 0 Å². The third kappa shape index (κ3) is 4.99. The lowest BCUT2D eigenvalue weighted by atomic mass is 10.0. The largest absolute Gasteiger partial charge is 0.351 e. The monoisotopic (exact) mass is 269 g/mol. The summed E-state index contributed by atoms with van der Waals surface area (Å²) < 4.78 is 0. The molecule has 5 heteroatoms. The number of aliphatic imine (C=N–C) groups is 1. The van der Waals surface area contributed by atoms with Gasteiger partial charge in [0.2, 0.25) is 5.96 Å². The fourth-order valence-corrected chi connectivity index (χ4v) is 1.43. The predicted octanol–water partition coefficient (Wildman–Crippen LogP) is 2.26. The van der Waals surface area contributed by atoms with Gasteiger partial charge >= 0.3 is 0 Å². The minimum absolute atomic E-state index is 0.132. The highest BCUT2D eigenvalue weighted by atomic mass is 15.2. The van der Waals surface area contributed by atoms with Crippen LogP contribution in [0.5, 0.6) is 0 Å². The van der Waals surface area contributed by atoms with E-state index in [0.717, 1.165) is 12.0 Å². The van der Waals surface area contributed by atoms with Crippen molar-refractivity contribution in [2.75, 3.05) is 0 Å². The third-order valence-corrected chi connectivity index (χ3v) is 3.02. The summed E-state index contributed by atoms with van der Waals surface area (Å²) in [6.45, 7) is 6.60. The van der Waals surface area contributed by atoms with Gasteiger partial charge in [-0.05, 0) is 38.0 Å². The molecule has 0 bridgehead atoms. The van der Waals surface area contributed by atoms with Gasteiger partial charge in [0.1, 0.15) is 0 Å². The van der Waals surface area contributed by atoms with Gasteiger partial charge < -0.3 is 5.32 Å². The molecular formula is C15H19N5. The van der Waals surface area contributed by atoms with E-state index in [2.05, 4.69) is 28.6 Å². The Hall–Kier alpha value is -2.53. The second kappa shape index (κ2) is 7.16. The zero-order chi connectivity index (χ0) is 15.0. The Labute approximate surface area is 119 Å². The zero-order valence-corrected chi connectivity index (χ0v) is 12.1. The lowest BCUT2D eigenvalue weighted by Gasteiger charge is -2.25. The number of nitriles is 2. The minimum Gasteiger partial charge on any atom is -0.351 e. The Balaban J connectivity index is 2.76. The average Bonchev–Trinajstić information content (AvgIpc) is 2.45. The van der Waals surface area contributed by atoms with Crippen LogP contribution in [0.25, 0.3) is 0 Å². The molecule has 0 heterocycles. The van der Waals surface area contributed by atoms with E-state index in [1.54, 1.807) is 12.1 Å². The van der Waals surface area contributed by atoms with Crippen LogP contribution in [0.3, 0.4) is 0 Å². The van der Waals surface area contributed by atoms with Crippen molar-refractivity contribution >= 4 is 5.96 Å². The maximum absolute atomic E-state index is 8.75. The van der Waals surface area contributed by atoms with Crippen LogP contribution in [0.15, 0.2) is 29.3 Å². The molecule has 2 N–H and O–H groups in total. The number of benzene rings is 1. The first-order chi connectivity index (χ1) is 9.50. The molecule has 0 saturated carbocycles. The number of nitrogens with zero attached hydrogens (tertiary/aromatic N) is 3. The lowest BCUT2D eigenvalue weighted by molar-refractivity contribution is 0.440. The molecule has 0 aliphatic heterocycles. The van der Waals surface area contributed by atoms with Gasteiger partial charge in [-0.3, -0.25) is 5.32 Å². The van der Waals surface area contributed by atoms with Crippen LogP contribution < -0.4 is 10.6 Å². The van der Waals surface area contributed by atoms with E-state index >= 15 is 0 Å². The molecule has 0 aliphatic carbocycles. The van der Waals surface area contributed by atoms with E-state index in [1.165, 1.54) is 0 Å². The van der Waals surface area contributed by atoms with Gasteiger partial charge in [0, 0.05) is 5.54 Å². The Morgan fingerprint density at radius 2 is 1.90 bits per heavy atom. The molecule has 5 nitrogen and oxygen atoms in total. The van der Waals surface area contributed by atoms with Crippen LogP contribution in [0.2, 0.25) is 0 Å². The van der Waals surface area contributed by atoms with E-state index in [9.17, 15) is 0 Å². The van der Waals surface area contributed by atoms with Gasteiger partial charge in [-0.2, -0.15) is 10.5 Å². The summed E-state index contributed by atoms with van der Waals surface area (Å²) in [5, 5.41) is 23.3. The van der Waals surface area contributed by atoms with Crippen molar-refractivity contribution in [3.63, 3.8) is 0 Å². The molecule has 0 aliphatic rings. The molecule has 0 unspecified atom stereocenters. The Morgan fingerprint density at radius 1 is 1.25 bits per heavy atom. The number of nitrogens with one attached hydrogen (secondary N) is 2. The second-order valence-corrected chi connectivity index (χ2v) is 5.07. The Bertz CT molecular complexity index is 543. The summed E-state index contributed by atoms with van der Waals surface area (Å²) in [4.78, 5) is 4.36. The number of rotatable bonds is 4. The fraction of sp³-hybridized carbons (Fsp3) is 0.400. The maximum atomic E-state index is 8.75. The van der Waals surface area contributed by atoms with Gasteiger partial charge in [-0.1, -0.05) is 19.1 Å². The van der Waals surface area contributed by atoms with E-state index in [1.807, 2.05) is 32.2 Å². The first-order valence-corrected chi connectivity index (χ1v) is 6.47. The van der Waals surface area contributed by atoms with Crippen LogP contribution in [0.4, 0.5) is 0 Å². The molecule has 1 aromatic carbocycles. The van der Waals surface area contributed by atoms with Gasteiger partial charge in [-0.15, -0.1) is 0 Å². The Kier molecular flexibility index (Phi) is 5.56. The van der Waals surface area contributed by atoms with Gasteiger partial charge in [0.25, 0.3) is 0 Å². The standard InChI is InChI=1S/C15H19N5/c1-4-15(2,3)20-14(19-11-17)18-10-13-7-5-12(9-16)6-8-13/h5-8H,4,10H2,1-3H3,(H2,18,19,20). The Morgan fingerprint density at radius 3 is 2.40 bits per heavy atom. The molecule has 0 atom stereocenters. The summed E-state index contributed by atoms with van der Waals surface area (Å²) in [6.07, 6.45) is 2.80. The molecule has 20 heavy (non-hydrogen) atoms. The van der Waals surface area contributed by atoms with Crippen molar-refractivity contribution in [1.29, 1.82) is 10.5 Å². The first kappa shape index (κ1) is 15.5. The number of hydrogen-bond donors (Lipinski definition) is 2. The maximum Gasteiger partial charge on any atom is 0.205 e. The van der Waals surface area contributed by atoms with Crippen molar-refractivity contribution in [3.05, 3.63) is 35.4 Å². The van der Waals surface area contributed by atoms with Crippen molar-refractivity contribution < 1.29 is 0 Å². The highest BCUT2D eigenvalue weighted by molar-refractivity contribution is 5.81. The van der Waals surface area contributed by atoms with Crippen molar-refractivity contribution in [3.8, 4) is 12.3 Å². The number of guanidine groups is 1. The van der Waals surface area contributed by atoms with E-state index in [0.29, 0.717) is 18.1 Å². The van der Waals surface area contributed by atoms with Crippen molar-refractivity contribution in [1.82, 2.24) is 10.6 Å². The molecular weight excluding hydrogens is 250 g/mol. The third-order valence-electron chi connectivity index (χ3n) is 3.02. The summed E-state index contributed by atoms with van der Waals surface area (Å²) in [5.74, 6) is 0.462. The van der Waals surface area contributed by atoms with Crippen LogP contribution in [0, 0.1) is 22.8 Å². The van der Waals surface area contributed by atoms with E-state index in [-0.39, 0.29) is 5.54 Å². The molecule has 0 radical (unpaired) electrons. The summed E-state index contributed by atoms with van der Waals surface area (Å²) in [6, 6.07) is 9.30. The SMILES string of the molecule is CCC(C)(C)NC(=NCc1ccc(C#N)cc1)NC#N. The highest BCUT2D eigenvalue weighted by Crippen LogP contribution is 2.07.